The number of aliphatic carboxylic acids is 1. The van der Waals surface area contributed by atoms with E-state index in [0.717, 1.165) is 5.56 Å². The highest BCUT2D eigenvalue weighted by Gasteiger charge is 2.26. The molecule has 35 heavy (non-hydrogen) atoms. The maximum Gasteiger partial charge on any atom is 0.345 e. The molecule has 3 amide bonds. The first-order chi connectivity index (χ1) is 16.5. The monoisotopic (exact) mass is 490 g/mol. The van der Waals surface area contributed by atoms with E-state index in [2.05, 4.69) is 10.6 Å². The Morgan fingerprint density at radius 1 is 1.06 bits per heavy atom. The highest BCUT2D eigenvalue weighted by atomic mass is 16.6. The summed E-state index contributed by atoms with van der Waals surface area (Å²) in [4.78, 5) is 47.1. The molecule has 0 aliphatic carbocycles. The summed E-state index contributed by atoms with van der Waals surface area (Å²) in [7, 11) is 0. The first-order valence-corrected chi connectivity index (χ1v) is 11.9. The van der Waals surface area contributed by atoms with Gasteiger partial charge in [-0.15, -0.1) is 0 Å². The normalized spacial score (nSPS) is 14.7. The van der Waals surface area contributed by atoms with E-state index in [-0.39, 0.29) is 24.8 Å². The number of carboxylic acid groups (broad SMARTS) is 1. The zero-order valence-electron chi connectivity index (χ0n) is 20.9. The van der Waals surface area contributed by atoms with Crippen LogP contribution in [0.1, 0.15) is 52.5 Å². The average Bonchev–Trinajstić information content (AvgIpc) is 2.79. The van der Waals surface area contributed by atoms with Gasteiger partial charge >= 0.3 is 18.0 Å². The molecule has 0 fully saturated rings. The zero-order valence-corrected chi connectivity index (χ0v) is 20.9. The van der Waals surface area contributed by atoms with Gasteiger partial charge in [0.05, 0.1) is 12.0 Å². The Kier molecular flexibility index (Phi) is 13.3. The number of benzene rings is 1. The molecule has 4 N–H and O–H groups in total. The number of carbonyl (C=O) groups excluding carboxylic acids is 3. The van der Waals surface area contributed by atoms with Crippen LogP contribution >= 0.6 is 0 Å². The van der Waals surface area contributed by atoms with Crippen LogP contribution in [-0.4, -0.2) is 52.8 Å². The molecule has 0 spiro atoms. The summed E-state index contributed by atoms with van der Waals surface area (Å²) >= 11 is 0. The molecular weight excluding hydrogens is 452 g/mol. The van der Waals surface area contributed by atoms with Crippen molar-refractivity contribution in [1.29, 1.82) is 0 Å². The molecule has 1 aromatic rings. The summed E-state index contributed by atoms with van der Waals surface area (Å²) in [5.74, 6) is -3.30. The zero-order chi connectivity index (χ0) is 26.4. The van der Waals surface area contributed by atoms with Gasteiger partial charge in [0, 0.05) is 6.54 Å². The van der Waals surface area contributed by atoms with E-state index in [1.54, 1.807) is 6.08 Å². The van der Waals surface area contributed by atoms with Gasteiger partial charge in [0.15, 0.2) is 6.10 Å². The number of esters is 1. The van der Waals surface area contributed by atoms with Gasteiger partial charge in [0.25, 0.3) is 5.91 Å². The molecule has 9 nitrogen and oxygen atoms in total. The van der Waals surface area contributed by atoms with Crippen molar-refractivity contribution in [3.8, 4) is 0 Å². The molecule has 0 aromatic heterocycles. The fraction of sp³-hybridized carbons (Fsp3) is 0.538. The summed E-state index contributed by atoms with van der Waals surface area (Å²) in [6.45, 7) is 6.96. The summed E-state index contributed by atoms with van der Waals surface area (Å²) in [6.07, 6.45) is 3.14. The highest BCUT2D eigenvalue weighted by molar-refractivity contribution is 6.00. The predicted octanol–water partition coefficient (Wildman–Crippen LogP) is 3.07. The minimum Gasteiger partial charge on any atom is -0.479 e. The molecule has 4 atom stereocenters. The van der Waals surface area contributed by atoms with Crippen molar-refractivity contribution < 1.29 is 34.1 Å². The van der Waals surface area contributed by atoms with E-state index >= 15 is 0 Å². The van der Waals surface area contributed by atoms with E-state index in [4.69, 9.17) is 9.84 Å². The van der Waals surface area contributed by atoms with Crippen LogP contribution in [0.4, 0.5) is 4.79 Å². The fourth-order valence-corrected chi connectivity index (χ4v) is 3.21. The largest absolute Gasteiger partial charge is 0.479 e. The predicted molar refractivity (Wildman–Crippen MR) is 131 cm³/mol. The van der Waals surface area contributed by atoms with E-state index in [1.165, 1.54) is 13.0 Å². The SMILES string of the molecule is CC(C)CC(OC(=O)C(C)CNC(=O)NC(=O)/C=C/CCC(C)C(O)Cc1ccccc1)C(=O)O. The Morgan fingerprint density at radius 3 is 2.31 bits per heavy atom. The number of carbonyl (C=O) groups is 4. The van der Waals surface area contributed by atoms with Gasteiger partial charge in [-0.25, -0.2) is 9.59 Å². The third-order valence-corrected chi connectivity index (χ3v) is 5.43. The van der Waals surface area contributed by atoms with Gasteiger partial charge in [0.2, 0.25) is 0 Å². The van der Waals surface area contributed by atoms with E-state index in [9.17, 15) is 24.3 Å². The maximum atomic E-state index is 12.1. The number of nitrogens with one attached hydrogen (secondary N) is 2. The summed E-state index contributed by atoms with van der Waals surface area (Å²) in [5.41, 5.74) is 1.06. The topological polar surface area (TPSA) is 142 Å². The number of carboxylic acids is 1. The molecule has 1 aromatic carbocycles. The van der Waals surface area contributed by atoms with Crippen LogP contribution < -0.4 is 10.6 Å². The maximum absolute atomic E-state index is 12.1. The molecule has 1 rings (SSSR count). The Hall–Kier alpha value is -3.20. The molecule has 0 radical (unpaired) electrons. The second-order valence-electron chi connectivity index (χ2n) is 9.21. The van der Waals surface area contributed by atoms with Crippen molar-refractivity contribution in [1.82, 2.24) is 10.6 Å². The number of allylic oxidation sites excluding steroid dienone is 1. The van der Waals surface area contributed by atoms with Crippen LogP contribution in [0.25, 0.3) is 0 Å². The van der Waals surface area contributed by atoms with Crippen molar-refractivity contribution in [2.75, 3.05) is 6.54 Å². The Bertz CT molecular complexity index is 855. The fourth-order valence-electron chi connectivity index (χ4n) is 3.21. The van der Waals surface area contributed by atoms with Gasteiger partial charge < -0.3 is 20.3 Å². The highest BCUT2D eigenvalue weighted by Crippen LogP contribution is 2.16. The van der Waals surface area contributed by atoms with Crippen LogP contribution in [0.5, 0.6) is 0 Å². The lowest BCUT2D eigenvalue weighted by molar-refractivity contribution is -0.167. The number of urea groups is 1. The smallest absolute Gasteiger partial charge is 0.345 e. The molecule has 9 heteroatoms. The molecule has 0 aliphatic heterocycles. The van der Waals surface area contributed by atoms with Gasteiger partial charge in [-0.1, -0.05) is 64.1 Å². The number of rotatable bonds is 14. The summed E-state index contributed by atoms with van der Waals surface area (Å²) in [5, 5.41) is 24.0. The third-order valence-electron chi connectivity index (χ3n) is 5.43. The number of amides is 3. The van der Waals surface area contributed by atoms with Crippen LogP contribution in [0.3, 0.4) is 0 Å². The molecule has 0 saturated heterocycles. The van der Waals surface area contributed by atoms with Crippen molar-refractivity contribution in [3.63, 3.8) is 0 Å². The van der Waals surface area contributed by atoms with Gasteiger partial charge in [-0.2, -0.15) is 0 Å². The first-order valence-electron chi connectivity index (χ1n) is 11.9. The quantitative estimate of drug-likeness (QED) is 0.232. The molecule has 194 valence electrons. The lowest BCUT2D eigenvalue weighted by Crippen LogP contribution is -2.42. The Morgan fingerprint density at radius 2 is 1.71 bits per heavy atom. The molecule has 0 aliphatic rings. The van der Waals surface area contributed by atoms with Crippen LogP contribution in [0.2, 0.25) is 0 Å². The third kappa shape index (κ3) is 12.7. The van der Waals surface area contributed by atoms with Crippen molar-refractivity contribution in [2.24, 2.45) is 17.8 Å². The minimum absolute atomic E-state index is 0.0322. The van der Waals surface area contributed by atoms with E-state index in [1.807, 2.05) is 51.1 Å². The molecule has 0 saturated carbocycles. The lowest BCUT2D eigenvalue weighted by Gasteiger charge is -2.18. The van der Waals surface area contributed by atoms with Crippen LogP contribution in [-0.2, 0) is 25.5 Å². The standard InChI is InChI=1S/C26H38N2O7/c1-17(2)14-22(24(31)32)35-25(33)19(4)16-27-26(34)28-23(30)13-9-8-10-18(3)21(29)15-20-11-6-5-7-12-20/h5-7,9,11-13,17-19,21-22,29H,8,10,14-16H2,1-4H3,(H,31,32)(H2,27,28,30,34)/b13-9+. The Balaban J connectivity index is 2.32. The number of ether oxygens (including phenoxy) is 1. The summed E-state index contributed by atoms with van der Waals surface area (Å²) < 4.78 is 5.03. The van der Waals surface area contributed by atoms with Gasteiger partial charge in [0.1, 0.15) is 0 Å². The molecule has 0 bridgehead atoms. The van der Waals surface area contributed by atoms with Gasteiger partial charge in [-0.3, -0.25) is 14.9 Å². The van der Waals surface area contributed by atoms with Crippen molar-refractivity contribution >= 4 is 23.9 Å². The van der Waals surface area contributed by atoms with Crippen LogP contribution in [0.15, 0.2) is 42.5 Å². The van der Waals surface area contributed by atoms with Crippen LogP contribution in [0, 0.1) is 17.8 Å². The van der Waals surface area contributed by atoms with Crippen molar-refractivity contribution in [3.05, 3.63) is 48.0 Å². The number of hydrogen-bond acceptors (Lipinski definition) is 6. The molecule has 0 heterocycles. The second kappa shape index (κ2) is 15.7. The number of imide groups is 1. The molecular formula is C26H38N2O7. The second-order valence-corrected chi connectivity index (χ2v) is 9.21. The van der Waals surface area contributed by atoms with E-state index in [0.29, 0.717) is 19.3 Å². The average molecular weight is 491 g/mol. The van der Waals surface area contributed by atoms with Crippen molar-refractivity contribution in [2.45, 2.75) is 65.6 Å². The minimum atomic E-state index is -1.24. The van der Waals surface area contributed by atoms with Gasteiger partial charge in [-0.05, 0) is 49.2 Å². The van der Waals surface area contributed by atoms with E-state index < -0.39 is 42.0 Å². The number of hydrogen-bond donors (Lipinski definition) is 4. The lowest BCUT2D eigenvalue weighted by atomic mass is 9.94. The summed E-state index contributed by atoms with van der Waals surface area (Å²) in [6, 6.07) is 8.94. The number of aliphatic hydroxyl groups excluding tert-OH is 1. The Labute approximate surface area is 206 Å². The molecule has 4 unspecified atom stereocenters. The first kappa shape index (κ1) is 29.8. The number of aliphatic hydroxyl groups is 1.